The van der Waals surface area contributed by atoms with E-state index in [1.54, 1.807) is 14.0 Å². The second-order valence-electron chi connectivity index (χ2n) is 10.0. The summed E-state index contributed by atoms with van der Waals surface area (Å²) in [6, 6.07) is 25.6. The van der Waals surface area contributed by atoms with Crippen molar-refractivity contribution < 1.29 is 19.1 Å². The highest BCUT2D eigenvalue weighted by atomic mass is 32.2. The first kappa shape index (κ1) is 31.5. The van der Waals surface area contributed by atoms with Gasteiger partial charge in [0.25, 0.3) is 0 Å². The number of rotatable bonds is 11. The molecule has 4 aromatic rings. The molecule has 0 aliphatic carbocycles. The number of amides is 1. The van der Waals surface area contributed by atoms with Crippen LogP contribution in [0.25, 0.3) is 0 Å². The van der Waals surface area contributed by atoms with Crippen LogP contribution in [0.15, 0.2) is 83.8 Å². The molecule has 0 spiro atoms. The number of esters is 1. The monoisotopic (exact) mass is 646 g/mol. The SMILES string of the molecule is CCOC(=O)c1c(NC(=O)CSc2cccc(NC(=S)Nc3ccccc3OC)c2)sc2c1CCN(Cc1ccccc1)C2. The van der Waals surface area contributed by atoms with Crippen LogP contribution in [0.1, 0.15) is 33.3 Å². The molecule has 0 unspecified atom stereocenters. The number of nitrogens with zero attached hydrogens (tertiary/aromatic N) is 1. The minimum absolute atomic E-state index is 0.179. The largest absolute Gasteiger partial charge is 0.495 e. The first-order chi connectivity index (χ1) is 21.4. The Bertz CT molecular complexity index is 1630. The fourth-order valence-corrected chi connectivity index (χ4v) is 7.23. The molecule has 2 heterocycles. The minimum atomic E-state index is -0.388. The highest BCUT2D eigenvalue weighted by Gasteiger charge is 2.29. The van der Waals surface area contributed by atoms with E-state index >= 15 is 0 Å². The lowest BCUT2D eigenvalue weighted by molar-refractivity contribution is -0.113. The topological polar surface area (TPSA) is 91.9 Å². The van der Waals surface area contributed by atoms with E-state index in [9.17, 15) is 9.59 Å². The van der Waals surface area contributed by atoms with Crippen LogP contribution in [0.3, 0.4) is 0 Å². The number of nitrogens with one attached hydrogen (secondary N) is 3. The Morgan fingerprint density at radius 3 is 2.59 bits per heavy atom. The Balaban J connectivity index is 1.21. The molecular formula is C33H34N4O4S3. The fourth-order valence-electron chi connectivity index (χ4n) is 4.95. The average Bonchev–Trinajstić information content (AvgIpc) is 3.38. The van der Waals surface area contributed by atoms with Gasteiger partial charge in [-0.25, -0.2) is 4.79 Å². The van der Waals surface area contributed by atoms with E-state index in [0.29, 0.717) is 21.4 Å². The zero-order valence-electron chi connectivity index (χ0n) is 24.6. The molecular weight excluding hydrogens is 613 g/mol. The zero-order chi connectivity index (χ0) is 30.9. The Kier molecular flexibility index (Phi) is 10.9. The van der Waals surface area contributed by atoms with Crippen molar-refractivity contribution in [3.05, 3.63) is 100 Å². The Labute approximate surface area is 271 Å². The number of carbonyl (C=O) groups is 2. The molecule has 228 valence electrons. The highest BCUT2D eigenvalue weighted by Crippen LogP contribution is 2.38. The van der Waals surface area contributed by atoms with Gasteiger partial charge in [0.2, 0.25) is 5.91 Å². The number of hydrogen-bond acceptors (Lipinski definition) is 8. The summed E-state index contributed by atoms with van der Waals surface area (Å²) in [5.41, 5.74) is 4.27. The van der Waals surface area contributed by atoms with E-state index in [2.05, 4.69) is 33.0 Å². The number of fused-ring (bicyclic) bond motifs is 1. The van der Waals surface area contributed by atoms with Gasteiger partial charge in [-0.3, -0.25) is 9.69 Å². The van der Waals surface area contributed by atoms with Crippen LogP contribution in [-0.2, 0) is 29.0 Å². The summed E-state index contributed by atoms with van der Waals surface area (Å²) in [7, 11) is 1.61. The molecule has 1 aliphatic rings. The lowest BCUT2D eigenvalue weighted by Crippen LogP contribution is -2.30. The fraction of sp³-hybridized carbons (Fsp3) is 0.242. The van der Waals surface area contributed by atoms with Crippen molar-refractivity contribution in [3.63, 3.8) is 0 Å². The number of thiocarbonyl (C=S) groups is 1. The number of carbonyl (C=O) groups excluding carboxylic acids is 2. The van der Waals surface area contributed by atoms with Gasteiger partial charge >= 0.3 is 5.97 Å². The van der Waals surface area contributed by atoms with Gasteiger partial charge in [-0.05, 0) is 67.0 Å². The second-order valence-corrected chi connectivity index (χ2v) is 12.6. The molecule has 0 fully saturated rings. The van der Waals surface area contributed by atoms with Crippen LogP contribution < -0.4 is 20.7 Å². The van der Waals surface area contributed by atoms with Crippen LogP contribution >= 0.6 is 35.3 Å². The van der Waals surface area contributed by atoms with Crippen molar-refractivity contribution in [3.8, 4) is 5.75 Å². The van der Waals surface area contributed by atoms with Gasteiger partial charge < -0.3 is 25.4 Å². The lowest BCUT2D eigenvalue weighted by atomic mass is 10.0. The lowest BCUT2D eigenvalue weighted by Gasteiger charge is -2.27. The molecule has 5 rings (SSSR count). The van der Waals surface area contributed by atoms with E-state index in [1.807, 2.05) is 66.7 Å². The van der Waals surface area contributed by atoms with Gasteiger partial charge in [-0.15, -0.1) is 23.1 Å². The van der Waals surface area contributed by atoms with E-state index in [-0.39, 0.29) is 24.2 Å². The van der Waals surface area contributed by atoms with Gasteiger partial charge in [-0.1, -0.05) is 48.5 Å². The predicted molar refractivity (Wildman–Crippen MR) is 183 cm³/mol. The quantitative estimate of drug-likeness (QED) is 0.0903. The first-order valence-corrected chi connectivity index (χ1v) is 16.5. The smallest absolute Gasteiger partial charge is 0.341 e. The molecule has 44 heavy (non-hydrogen) atoms. The third-order valence-electron chi connectivity index (χ3n) is 6.93. The van der Waals surface area contributed by atoms with Crippen LogP contribution in [0.5, 0.6) is 5.75 Å². The summed E-state index contributed by atoms with van der Waals surface area (Å²) in [5.74, 6) is 0.292. The number of thioether (sulfide) groups is 1. The molecule has 11 heteroatoms. The van der Waals surface area contributed by atoms with E-state index in [0.717, 1.165) is 52.8 Å². The third kappa shape index (κ3) is 8.17. The molecule has 1 aliphatic heterocycles. The van der Waals surface area contributed by atoms with Crippen LogP contribution in [0, 0.1) is 0 Å². The van der Waals surface area contributed by atoms with E-state index in [4.69, 9.17) is 21.7 Å². The van der Waals surface area contributed by atoms with Gasteiger partial charge in [0, 0.05) is 35.1 Å². The maximum Gasteiger partial charge on any atom is 0.341 e. The normalized spacial score (nSPS) is 12.6. The summed E-state index contributed by atoms with van der Waals surface area (Å²) >= 11 is 8.36. The Morgan fingerprint density at radius 1 is 1.00 bits per heavy atom. The maximum atomic E-state index is 13.1. The molecule has 8 nitrogen and oxygen atoms in total. The summed E-state index contributed by atoms with van der Waals surface area (Å²) in [4.78, 5) is 30.5. The molecule has 3 aromatic carbocycles. The number of anilines is 3. The second kappa shape index (κ2) is 15.2. The number of methoxy groups -OCH3 is 1. The molecule has 0 saturated carbocycles. The van der Waals surface area contributed by atoms with E-state index < -0.39 is 0 Å². The van der Waals surface area contributed by atoms with Crippen molar-refractivity contribution in [2.45, 2.75) is 31.3 Å². The molecule has 0 bridgehead atoms. The zero-order valence-corrected chi connectivity index (χ0v) is 27.0. The standard InChI is InChI=1S/C33H34N4O4S3/c1-3-41-32(39)30-25-16-17-37(19-22-10-5-4-6-11-22)20-28(25)44-31(30)36-29(38)21-43-24-13-9-12-23(18-24)34-33(42)35-26-14-7-8-15-27(26)40-2/h4-15,18H,3,16-17,19-21H2,1-2H3,(H,36,38)(H2,34,35,42). The molecule has 0 saturated heterocycles. The Hall–Kier alpha value is -3.90. The van der Waals surface area contributed by atoms with E-state index in [1.165, 1.54) is 28.7 Å². The highest BCUT2D eigenvalue weighted by molar-refractivity contribution is 8.00. The third-order valence-corrected chi connectivity index (χ3v) is 9.26. The number of thiophene rings is 1. The van der Waals surface area contributed by atoms with Crippen LogP contribution in [0.2, 0.25) is 0 Å². The number of para-hydroxylation sites is 2. The minimum Gasteiger partial charge on any atom is -0.495 e. The van der Waals surface area contributed by atoms with Crippen molar-refractivity contribution >= 4 is 68.7 Å². The molecule has 1 amide bonds. The van der Waals surface area contributed by atoms with Gasteiger partial charge in [0.1, 0.15) is 10.8 Å². The maximum absolute atomic E-state index is 13.1. The van der Waals surface area contributed by atoms with Gasteiger partial charge in [-0.2, -0.15) is 0 Å². The van der Waals surface area contributed by atoms with Crippen LogP contribution in [-0.4, -0.2) is 47.9 Å². The summed E-state index contributed by atoms with van der Waals surface area (Å²) in [6.45, 7) is 4.45. The first-order valence-electron chi connectivity index (χ1n) is 14.2. The van der Waals surface area contributed by atoms with Crippen molar-refractivity contribution in [1.82, 2.24) is 4.90 Å². The molecule has 1 aromatic heterocycles. The van der Waals surface area contributed by atoms with Gasteiger partial charge in [0.15, 0.2) is 5.11 Å². The molecule has 0 radical (unpaired) electrons. The number of benzene rings is 3. The molecule has 0 atom stereocenters. The summed E-state index contributed by atoms with van der Waals surface area (Å²) in [6.07, 6.45) is 0.727. The summed E-state index contributed by atoms with van der Waals surface area (Å²) in [5, 5.41) is 10.3. The number of hydrogen-bond donors (Lipinski definition) is 3. The van der Waals surface area contributed by atoms with Crippen molar-refractivity contribution in [1.29, 1.82) is 0 Å². The Morgan fingerprint density at radius 2 is 1.80 bits per heavy atom. The van der Waals surface area contributed by atoms with Crippen molar-refractivity contribution in [2.24, 2.45) is 0 Å². The predicted octanol–water partition coefficient (Wildman–Crippen LogP) is 7.03. The van der Waals surface area contributed by atoms with Crippen LogP contribution in [0.4, 0.5) is 16.4 Å². The van der Waals surface area contributed by atoms with Crippen molar-refractivity contribution in [2.75, 3.05) is 42.0 Å². The molecule has 3 N–H and O–H groups in total. The van der Waals surface area contributed by atoms with Gasteiger partial charge in [0.05, 0.1) is 30.7 Å². The summed E-state index contributed by atoms with van der Waals surface area (Å²) < 4.78 is 10.8. The number of ether oxygens (including phenoxy) is 2. The average molecular weight is 647 g/mol.